The first kappa shape index (κ1) is 11.9. The van der Waals surface area contributed by atoms with Gasteiger partial charge in [0.2, 0.25) is 0 Å². The Balaban J connectivity index is 2.27. The van der Waals surface area contributed by atoms with Gasteiger partial charge in [-0.2, -0.15) is 0 Å². The molecule has 0 aliphatic carbocycles. The minimum absolute atomic E-state index is 0.261. The van der Waals surface area contributed by atoms with E-state index in [4.69, 9.17) is 4.74 Å². The van der Waals surface area contributed by atoms with Crippen molar-refractivity contribution in [3.05, 3.63) is 71.8 Å². The van der Waals surface area contributed by atoms with Crippen molar-refractivity contribution in [1.82, 2.24) is 0 Å². The number of hydrogen-bond acceptors (Lipinski definition) is 1. The van der Waals surface area contributed by atoms with Crippen molar-refractivity contribution in [2.45, 2.75) is 18.9 Å². The van der Waals surface area contributed by atoms with E-state index >= 15 is 0 Å². The first-order valence-corrected chi connectivity index (χ1v) is 5.89. The maximum atomic E-state index is 5.73. The lowest BCUT2D eigenvalue weighted by atomic mass is 9.89. The molecular formula is C16H18O. The van der Waals surface area contributed by atoms with E-state index < -0.39 is 0 Å². The van der Waals surface area contributed by atoms with Gasteiger partial charge in [0.1, 0.15) is 0 Å². The normalized spacial score (nSPS) is 14.2. The zero-order valence-corrected chi connectivity index (χ0v) is 10.4. The van der Waals surface area contributed by atoms with Gasteiger partial charge in [0.05, 0.1) is 5.60 Å². The Bertz CT molecular complexity index is 449. The zero-order valence-electron chi connectivity index (χ0n) is 10.4. The zero-order chi connectivity index (χ0) is 12.1. The van der Waals surface area contributed by atoms with Crippen LogP contribution < -0.4 is 0 Å². The molecule has 2 aromatic carbocycles. The molecule has 0 heterocycles. The molecule has 0 saturated heterocycles. The highest BCUT2D eigenvalue weighted by Crippen LogP contribution is 2.28. The van der Waals surface area contributed by atoms with Crippen LogP contribution in [0.15, 0.2) is 60.7 Å². The van der Waals surface area contributed by atoms with Crippen LogP contribution in [-0.4, -0.2) is 7.11 Å². The maximum Gasteiger partial charge on any atom is 0.0939 e. The molecule has 0 saturated carbocycles. The Morgan fingerprint density at radius 1 is 0.882 bits per heavy atom. The van der Waals surface area contributed by atoms with Gasteiger partial charge in [-0.05, 0) is 18.1 Å². The molecule has 0 spiro atoms. The Labute approximate surface area is 103 Å². The molecule has 0 N–H and O–H groups in total. The Hall–Kier alpha value is -1.60. The van der Waals surface area contributed by atoms with E-state index in [1.807, 2.05) is 12.1 Å². The number of rotatable bonds is 4. The first-order chi connectivity index (χ1) is 8.24. The van der Waals surface area contributed by atoms with Crippen LogP contribution in [-0.2, 0) is 16.8 Å². The summed E-state index contributed by atoms with van der Waals surface area (Å²) < 4.78 is 5.73. The highest BCUT2D eigenvalue weighted by molar-refractivity contribution is 5.26. The van der Waals surface area contributed by atoms with E-state index in [2.05, 4.69) is 55.5 Å². The number of benzene rings is 2. The van der Waals surface area contributed by atoms with Crippen LogP contribution >= 0.6 is 0 Å². The smallest absolute Gasteiger partial charge is 0.0939 e. The quantitative estimate of drug-likeness (QED) is 0.770. The summed E-state index contributed by atoms with van der Waals surface area (Å²) in [5, 5.41) is 0. The van der Waals surface area contributed by atoms with Gasteiger partial charge in [0, 0.05) is 13.5 Å². The van der Waals surface area contributed by atoms with Crippen molar-refractivity contribution in [2.75, 3.05) is 7.11 Å². The summed E-state index contributed by atoms with van der Waals surface area (Å²) in [7, 11) is 1.77. The number of ether oxygens (including phenoxy) is 1. The van der Waals surface area contributed by atoms with Gasteiger partial charge in [-0.1, -0.05) is 60.7 Å². The van der Waals surface area contributed by atoms with Crippen molar-refractivity contribution in [3.63, 3.8) is 0 Å². The molecule has 0 bridgehead atoms. The molecule has 0 aliphatic heterocycles. The van der Waals surface area contributed by atoms with Crippen LogP contribution in [0.4, 0.5) is 0 Å². The molecule has 17 heavy (non-hydrogen) atoms. The molecule has 0 aromatic heterocycles. The lowest BCUT2D eigenvalue weighted by Gasteiger charge is -2.29. The molecule has 2 aromatic rings. The molecule has 1 nitrogen and oxygen atoms in total. The van der Waals surface area contributed by atoms with Crippen molar-refractivity contribution < 1.29 is 4.74 Å². The minimum Gasteiger partial charge on any atom is -0.373 e. The van der Waals surface area contributed by atoms with E-state index in [1.54, 1.807) is 7.11 Å². The van der Waals surface area contributed by atoms with Gasteiger partial charge in [-0.15, -0.1) is 0 Å². The summed E-state index contributed by atoms with van der Waals surface area (Å²) in [6.45, 7) is 2.13. The summed E-state index contributed by atoms with van der Waals surface area (Å²) >= 11 is 0. The summed E-state index contributed by atoms with van der Waals surface area (Å²) in [6, 6.07) is 20.8. The second kappa shape index (κ2) is 5.15. The molecule has 0 fully saturated rings. The largest absolute Gasteiger partial charge is 0.373 e. The van der Waals surface area contributed by atoms with Gasteiger partial charge < -0.3 is 4.74 Å². The van der Waals surface area contributed by atoms with Gasteiger partial charge in [-0.3, -0.25) is 0 Å². The minimum atomic E-state index is -0.261. The fraction of sp³-hybridized carbons (Fsp3) is 0.250. The molecule has 0 aliphatic rings. The highest BCUT2D eigenvalue weighted by atomic mass is 16.5. The van der Waals surface area contributed by atoms with E-state index in [9.17, 15) is 0 Å². The third kappa shape index (κ3) is 2.75. The first-order valence-electron chi connectivity index (χ1n) is 5.89. The second-order valence-corrected chi connectivity index (χ2v) is 4.46. The van der Waals surface area contributed by atoms with Crippen molar-refractivity contribution in [2.24, 2.45) is 0 Å². The van der Waals surface area contributed by atoms with Crippen LogP contribution in [0, 0.1) is 0 Å². The average Bonchev–Trinajstić information content (AvgIpc) is 2.41. The molecule has 0 amide bonds. The maximum absolute atomic E-state index is 5.73. The highest BCUT2D eigenvalue weighted by Gasteiger charge is 2.26. The Morgan fingerprint density at radius 3 is 1.94 bits per heavy atom. The number of methoxy groups -OCH3 is 1. The van der Waals surface area contributed by atoms with E-state index in [1.165, 1.54) is 11.1 Å². The van der Waals surface area contributed by atoms with Crippen molar-refractivity contribution in [1.29, 1.82) is 0 Å². The Morgan fingerprint density at radius 2 is 1.41 bits per heavy atom. The van der Waals surface area contributed by atoms with Crippen molar-refractivity contribution in [3.8, 4) is 0 Å². The molecule has 1 heteroatoms. The fourth-order valence-corrected chi connectivity index (χ4v) is 2.07. The van der Waals surface area contributed by atoms with Crippen LogP contribution in [0.25, 0.3) is 0 Å². The van der Waals surface area contributed by atoms with E-state index in [0.717, 1.165) is 6.42 Å². The third-order valence-electron chi connectivity index (χ3n) is 3.22. The van der Waals surface area contributed by atoms with Crippen LogP contribution in [0.2, 0.25) is 0 Å². The van der Waals surface area contributed by atoms with E-state index in [-0.39, 0.29) is 5.60 Å². The second-order valence-electron chi connectivity index (χ2n) is 4.46. The average molecular weight is 226 g/mol. The summed E-state index contributed by atoms with van der Waals surface area (Å²) in [6.07, 6.45) is 0.883. The third-order valence-corrected chi connectivity index (χ3v) is 3.22. The summed E-state index contributed by atoms with van der Waals surface area (Å²) in [5.41, 5.74) is 2.25. The lowest BCUT2D eigenvalue weighted by Crippen LogP contribution is -2.27. The van der Waals surface area contributed by atoms with Crippen molar-refractivity contribution >= 4 is 0 Å². The van der Waals surface area contributed by atoms with Crippen LogP contribution in [0.1, 0.15) is 18.1 Å². The van der Waals surface area contributed by atoms with Gasteiger partial charge in [0.25, 0.3) is 0 Å². The molecule has 1 unspecified atom stereocenters. The SMILES string of the molecule is COC(C)(Cc1ccccc1)c1ccccc1. The van der Waals surface area contributed by atoms with Crippen LogP contribution in [0.5, 0.6) is 0 Å². The number of hydrogen-bond donors (Lipinski definition) is 0. The predicted octanol–water partition coefficient (Wildman–Crippen LogP) is 3.79. The van der Waals surface area contributed by atoms with Gasteiger partial charge >= 0.3 is 0 Å². The topological polar surface area (TPSA) is 9.23 Å². The molecule has 1 atom stereocenters. The lowest BCUT2D eigenvalue weighted by molar-refractivity contribution is 0.00221. The molecule has 2 rings (SSSR count). The molecule has 0 radical (unpaired) electrons. The Kier molecular flexibility index (Phi) is 3.60. The monoisotopic (exact) mass is 226 g/mol. The fourth-order valence-electron chi connectivity index (χ4n) is 2.07. The molecular weight excluding hydrogens is 208 g/mol. The van der Waals surface area contributed by atoms with Gasteiger partial charge in [-0.25, -0.2) is 0 Å². The van der Waals surface area contributed by atoms with E-state index in [0.29, 0.717) is 0 Å². The molecule has 88 valence electrons. The predicted molar refractivity (Wildman–Crippen MR) is 70.9 cm³/mol. The summed E-state index contributed by atoms with van der Waals surface area (Å²) in [5.74, 6) is 0. The van der Waals surface area contributed by atoms with Crippen LogP contribution in [0.3, 0.4) is 0 Å². The standard InChI is InChI=1S/C16H18O/c1-16(17-2,15-11-7-4-8-12-15)13-14-9-5-3-6-10-14/h3-12H,13H2,1-2H3. The summed E-state index contributed by atoms with van der Waals surface area (Å²) in [4.78, 5) is 0. The van der Waals surface area contributed by atoms with Gasteiger partial charge in [0.15, 0.2) is 0 Å².